The van der Waals surface area contributed by atoms with Crippen molar-refractivity contribution in [2.45, 2.75) is 44.6 Å². The minimum Gasteiger partial charge on any atom is -0.338 e. The van der Waals surface area contributed by atoms with E-state index in [2.05, 4.69) is 20.7 Å². The molecule has 27 heavy (non-hydrogen) atoms. The number of amides is 1. The summed E-state index contributed by atoms with van der Waals surface area (Å²) >= 11 is 1.58. The number of carbonyl (C=O) groups excluding carboxylic acids is 1. The zero-order valence-electron chi connectivity index (χ0n) is 15.4. The molecule has 6 heteroatoms. The zero-order chi connectivity index (χ0) is 18.2. The fraction of sp³-hybridized carbons (Fsp3) is 0.476. The maximum Gasteiger partial charge on any atom is 0.253 e. The summed E-state index contributed by atoms with van der Waals surface area (Å²) in [6, 6.07) is 5.84. The van der Waals surface area contributed by atoms with Crippen molar-refractivity contribution >= 4 is 27.5 Å². The predicted octanol–water partition coefficient (Wildman–Crippen LogP) is 4.31. The van der Waals surface area contributed by atoms with Crippen LogP contribution in [0.5, 0.6) is 0 Å². The average Bonchev–Trinajstić information content (AvgIpc) is 3.32. The molecule has 5 rings (SSSR count). The van der Waals surface area contributed by atoms with Crippen LogP contribution < -0.4 is 0 Å². The number of fused-ring (bicyclic) bond motifs is 1. The second-order valence-electron chi connectivity index (χ2n) is 7.86. The molecule has 2 fully saturated rings. The summed E-state index contributed by atoms with van der Waals surface area (Å²) in [5, 5.41) is 0. The highest BCUT2D eigenvalue weighted by Crippen LogP contribution is 2.31. The number of nitrogens with zero attached hydrogens (tertiary/aromatic N) is 4. The van der Waals surface area contributed by atoms with E-state index in [1.807, 2.05) is 34.8 Å². The molecular formula is C21H24N4OS. The van der Waals surface area contributed by atoms with Gasteiger partial charge in [-0.3, -0.25) is 4.79 Å². The van der Waals surface area contributed by atoms with Crippen LogP contribution in [-0.2, 0) is 6.54 Å². The first-order valence-electron chi connectivity index (χ1n) is 9.91. The third kappa shape index (κ3) is 3.27. The maximum atomic E-state index is 13.1. The van der Waals surface area contributed by atoms with Crippen LogP contribution in [0.25, 0.3) is 10.2 Å². The standard InChI is InChI=1S/C21H24N4OS/c26-21(16-6-7-18-19(11-16)27-14-23-18)25-9-2-5-17(13-25)20-22-8-10-24(20)12-15-3-1-4-15/h6-8,10-11,14-15,17H,1-5,9,12-13H2/t17-/m0/s1. The van der Waals surface area contributed by atoms with Crippen LogP contribution in [0.1, 0.15) is 54.2 Å². The van der Waals surface area contributed by atoms with Crippen LogP contribution in [0.15, 0.2) is 36.1 Å². The van der Waals surface area contributed by atoms with E-state index in [9.17, 15) is 4.79 Å². The molecule has 140 valence electrons. The van der Waals surface area contributed by atoms with Crippen molar-refractivity contribution in [2.75, 3.05) is 13.1 Å². The van der Waals surface area contributed by atoms with E-state index < -0.39 is 0 Å². The highest BCUT2D eigenvalue weighted by molar-refractivity contribution is 7.16. The Morgan fingerprint density at radius 2 is 2.11 bits per heavy atom. The predicted molar refractivity (Wildman–Crippen MR) is 107 cm³/mol. The topological polar surface area (TPSA) is 51.0 Å². The van der Waals surface area contributed by atoms with Gasteiger partial charge in [0.15, 0.2) is 0 Å². The van der Waals surface area contributed by atoms with E-state index in [0.29, 0.717) is 5.92 Å². The number of thiazole rings is 1. The lowest BCUT2D eigenvalue weighted by atomic mass is 9.85. The number of aromatic nitrogens is 3. The number of hydrogen-bond donors (Lipinski definition) is 0. The largest absolute Gasteiger partial charge is 0.338 e. The fourth-order valence-corrected chi connectivity index (χ4v) is 5.05. The Morgan fingerprint density at radius 3 is 2.96 bits per heavy atom. The van der Waals surface area contributed by atoms with Gasteiger partial charge < -0.3 is 9.47 Å². The molecule has 1 atom stereocenters. The van der Waals surface area contributed by atoms with Crippen molar-refractivity contribution in [2.24, 2.45) is 5.92 Å². The summed E-state index contributed by atoms with van der Waals surface area (Å²) in [6.07, 6.45) is 10.2. The molecule has 5 nitrogen and oxygen atoms in total. The number of likely N-dealkylation sites (tertiary alicyclic amines) is 1. The molecule has 3 heterocycles. The highest BCUT2D eigenvalue weighted by atomic mass is 32.1. The van der Waals surface area contributed by atoms with Gasteiger partial charge in [0.2, 0.25) is 0 Å². The van der Waals surface area contributed by atoms with Crippen LogP contribution in [0.2, 0.25) is 0 Å². The molecule has 1 aromatic carbocycles. The van der Waals surface area contributed by atoms with Crippen molar-refractivity contribution in [3.05, 3.63) is 47.5 Å². The van der Waals surface area contributed by atoms with E-state index in [1.54, 1.807) is 11.3 Å². The number of benzene rings is 1. The second-order valence-corrected chi connectivity index (χ2v) is 8.75. The summed E-state index contributed by atoms with van der Waals surface area (Å²) < 4.78 is 3.41. The van der Waals surface area contributed by atoms with E-state index in [4.69, 9.17) is 0 Å². The zero-order valence-corrected chi connectivity index (χ0v) is 16.2. The van der Waals surface area contributed by atoms with Gasteiger partial charge >= 0.3 is 0 Å². The van der Waals surface area contributed by atoms with Gasteiger partial charge in [0.1, 0.15) is 5.82 Å². The van der Waals surface area contributed by atoms with Gasteiger partial charge in [-0.25, -0.2) is 9.97 Å². The van der Waals surface area contributed by atoms with Crippen LogP contribution >= 0.6 is 11.3 Å². The van der Waals surface area contributed by atoms with Crippen molar-refractivity contribution in [3.63, 3.8) is 0 Å². The summed E-state index contributed by atoms with van der Waals surface area (Å²) in [6.45, 7) is 2.68. The van der Waals surface area contributed by atoms with Gasteiger partial charge in [0.25, 0.3) is 5.91 Å². The van der Waals surface area contributed by atoms with Crippen molar-refractivity contribution in [3.8, 4) is 0 Å². The molecule has 2 aromatic heterocycles. The Bertz CT molecular complexity index is 958. The van der Waals surface area contributed by atoms with Gasteiger partial charge in [-0.05, 0) is 49.8 Å². The number of imidazole rings is 1. The lowest BCUT2D eigenvalue weighted by Crippen LogP contribution is -2.40. The van der Waals surface area contributed by atoms with Crippen molar-refractivity contribution in [1.82, 2.24) is 19.4 Å². The highest BCUT2D eigenvalue weighted by Gasteiger charge is 2.29. The van der Waals surface area contributed by atoms with Gasteiger partial charge in [-0.1, -0.05) is 6.42 Å². The summed E-state index contributed by atoms with van der Waals surface area (Å²) in [5.74, 6) is 2.44. The molecule has 0 bridgehead atoms. The molecule has 1 amide bonds. The first-order valence-corrected chi connectivity index (χ1v) is 10.8. The third-order valence-electron chi connectivity index (χ3n) is 6.08. The minimum absolute atomic E-state index is 0.132. The third-order valence-corrected chi connectivity index (χ3v) is 6.87. The van der Waals surface area contributed by atoms with Crippen LogP contribution in [-0.4, -0.2) is 38.4 Å². The Hall–Kier alpha value is -2.21. The average molecular weight is 381 g/mol. The van der Waals surface area contributed by atoms with E-state index in [0.717, 1.165) is 60.0 Å². The number of carbonyl (C=O) groups is 1. The van der Waals surface area contributed by atoms with Crippen LogP contribution in [0, 0.1) is 5.92 Å². The maximum absolute atomic E-state index is 13.1. The molecule has 1 saturated heterocycles. The molecule has 1 aliphatic heterocycles. The van der Waals surface area contributed by atoms with Gasteiger partial charge in [0.05, 0.1) is 15.7 Å². The SMILES string of the molecule is O=C(c1ccc2ncsc2c1)N1CCC[C@H](c2nccn2CC2CCC2)C1. The molecule has 0 spiro atoms. The van der Waals surface area contributed by atoms with Crippen LogP contribution in [0.3, 0.4) is 0 Å². The Morgan fingerprint density at radius 1 is 1.19 bits per heavy atom. The summed E-state index contributed by atoms with van der Waals surface area (Å²) in [7, 11) is 0. The van der Waals surface area contributed by atoms with E-state index in [1.165, 1.54) is 19.3 Å². The smallest absolute Gasteiger partial charge is 0.253 e. The molecule has 3 aromatic rings. The van der Waals surface area contributed by atoms with Gasteiger partial charge in [0, 0.05) is 43.5 Å². The van der Waals surface area contributed by atoms with E-state index in [-0.39, 0.29) is 5.91 Å². The fourth-order valence-electron chi connectivity index (χ4n) is 4.33. The number of hydrogen-bond acceptors (Lipinski definition) is 4. The molecule has 1 aliphatic carbocycles. The van der Waals surface area contributed by atoms with Gasteiger partial charge in [-0.2, -0.15) is 0 Å². The first kappa shape index (κ1) is 16.9. The van der Waals surface area contributed by atoms with Crippen molar-refractivity contribution in [1.29, 1.82) is 0 Å². The van der Waals surface area contributed by atoms with Gasteiger partial charge in [-0.15, -0.1) is 11.3 Å². The molecule has 2 aliphatic rings. The van der Waals surface area contributed by atoms with Crippen LogP contribution in [0.4, 0.5) is 0 Å². The number of rotatable bonds is 4. The minimum atomic E-state index is 0.132. The molecule has 0 N–H and O–H groups in total. The Kier molecular flexibility index (Phi) is 4.44. The second kappa shape index (κ2) is 7.08. The summed E-state index contributed by atoms with van der Waals surface area (Å²) in [4.78, 5) is 24.1. The summed E-state index contributed by atoms with van der Waals surface area (Å²) in [5.41, 5.74) is 3.56. The molecular weight excluding hydrogens is 356 g/mol. The Labute approximate surface area is 163 Å². The molecule has 0 unspecified atom stereocenters. The van der Waals surface area contributed by atoms with E-state index >= 15 is 0 Å². The normalized spacial score (nSPS) is 20.7. The lowest BCUT2D eigenvalue weighted by molar-refractivity contribution is 0.0703. The Balaban J connectivity index is 1.33. The lowest BCUT2D eigenvalue weighted by Gasteiger charge is -2.33. The molecule has 1 saturated carbocycles. The van der Waals surface area contributed by atoms with Crippen molar-refractivity contribution < 1.29 is 4.79 Å². The monoisotopic (exact) mass is 380 g/mol. The number of piperidine rings is 1. The quantitative estimate of drug-likeness (QED) is 0.678. The first-order chi connectivity index (χ1) is 13.3. The molecule has 0 radical (unpaired) electrons.